The van der Waals surface area contributed by atoms with Crippen LogP contribution < -0.4 is 11.2 Å². The molecule has 0 amide bonds. The molecular formula is C18H16ClN5O2. The Balaban J connectivity index is 1.62. The van der Waals surface area contributed by atoms with Crippen LogP contribution >= 0.6 is 11.6 Å². The molecular weight excluding hydrogens is 354 g/mol. The van der Waals surface area contributed by atoms with Gasteiger partial charge in [0.15, 0.2) is 0 Å². The van der Waals surface area contributed by atoms with Gasteiger partial charge in [-0.05, 0) is 48.6 Å². The molecule has 0 spiro atoms. The summed E-state index contributed by atoms with van der Waals surface area (Å²) < 4.78 is 2.32. The van der Waals surface area contributed by atoms with Crippen LogP contribution in [0.2, 0.25) is 5.02 Å². The van der Waals surface area contributed by atoms with Gasteiger partial charge in [-0.3, -0.25) is 14.3 Å². The number of nitrogens with zero attached hydrogens (tertiary/aromatic N) is 5. The molecule has 0 radical (unpaired) electrons. The molecule has 1 aliphatic carbocycles. The van der Waals surface area contributed by atoms with Crippen molar-refractivity contribution < 1.29 is 0 Å². The van der Waals surface area contributed by atoms with Crippen LogP contribution in [0.5, 0.6) is 0 Å². The minimum Gasteiger partial charge on any atom is -0.299 e. The standard InChI is InChI=1S/C18H16ClN5O2/c19-14-3-4-16-15(9-14)13(5-7-20-16)10-21-22-24-17(25)6-8-23(18(24)26)11-12-1-2-12/h3-9,12H,1-2,10-11H2. The largest absolute Gasteiger partial charge is 0.353 e. The van der Waals surface area contributed by atoms with E-state index in [-0.39, 0.29) is 6.54 Å². The van der Waals surface area contributed by atoms with Crippen LogP contribution in [-0.2, 0) is 13.1 Å². The molecule has 0 atom stereocenters. The Kier molecular flexibility index (Phi) is 4.38. The Hall–Kier alpha value is -2.80. The van der Waals surface area contributed by atoms with Crippen LogP contribution in [-0.4, -0.2) is 14.2 Å². The second-order valence-electron chi connectivity index (χ2n) is 6.36. The third-order valence-corrected chi connectivity index (χ3v) is 4.61. The first kappa shape index (κ1) is 16.7. The monoisotopic (exact) mass is 369 g/mol. The predicted molar refractivity (Wildman–Crippen MR) is 98.4 cm³/mol. The molecule has 26 heavy (non-hydrogen) atoms. The van der Waals surface area contributed by atoms with E-state index in [1.807, 2.05) is 18.2 Å². The van der Waals surface area contributed by atoms with Gasteiger partial charge >= 0.3 is 5.69 Å². The topological polar surface area (TPSA) is 81.6 Å². The summed E-state index contributed by atoms with van der Waals surface area (Å²) in [6.45, 7) is 0.824. The van der Waals surface area contributed by atoms with Crippen LogP contribution in [0.25, 0.3) is 10.9 Å². The Morgan fingerprint density at radius 1 is 1.19 bits per heavy atom. The van der Waals surface area contributed by atoms with Gasteiger partial charge in [0.25, 0.3) is 5.56 Å². The molecule has 0 saturated heterocycles. The Bertz CT molecular complexity index is 1110. The van der Waals surface area contributed by atoms with Crippen LogP contribution in [0.15, 0.2) is 62.7 Å². The van der Waals surface area contributed by atoms with E-state index < -0.39 is 11.2 Å². The zero-order chi connectivity index (χ0) is 18.1. The van der Waals surface area contributed by atoms with Crippen LogP contribution in [0.1, 0.15) is 18.4 Å². The Morgan fingerprint density at radius 2 is 2.04 bits per heavy atom. The van der Waals surface area contributed by atoms with Crippen molar-refractivity contribution in [3.63, 3.8) is 0 Å². The fourth-order valence-corrected chi connectivity index (χ4v) is 2.96. The van der Waals surface area contributed by atoms with Crippen molar-refractivity contribution in [1.82, 2.24) is 14.2 Å². The molecule has 7 nitrogen and oxygen atoms in total. The minimum atomic E-state index is -0.492. The molecule has 0 bridgehead atoms. The Morgan fingerprint density at radius 3 is 2.85 bits per heavy atom. The second kappa shape index (κ2) is 6.84. The van der Waals surface area contributed by atoms with Gasteiger partial charge in [0.1, 0.15) is 0 Å². The molecule has 0 N–H and O–H groups in total. The first-order valence-electron chi connectivity index (χ1n) is 8.35. The molecule has 0 aliphatic heterocycles. The lowest BCUT2D eigenvalue weighted by atomic mass is 10.1. The average molecular weight is 370 g/mol. The summed E-state index contributed by atoms with van der Waals surface area (Å²) in [5.74, 6) is 0.517. The SMILES string of the molecule is O=c1ccn(CC2CC2)c(=O)n1N=NCc1ccnc2ccc(Cl)cc12. The summed E-state index contributed by atoms with van der Waals surface area (Å²) >= 11 is 6.05. The highest BCUT2D eigenvalue weighted by molar-refractivity contribution is 6.31. The highest BCUT2D eigenvalue weighted by Gasteiger charge is 2.22. The maximum atomic E-state index is 12.4. The first-order chi connectivity index (χ1) is 12.6. The summed E-state index contributed by atoms with van der Waals surface area (Å²) in [6, 6.07) is 8.57. The van der Waals surface area contributed by atoms with Crippen LogP contribution in [0.3, 0.4) is 0 Å². The Labute approximate surface area is 153 Å². The molecule has 1 aromatic carbocycles. The molecule has 3 aromatic rings. The van der Waals surface area contributed by atoms with Crippen molar-refractivity contribution in [2.75, 3.05) is 0 Å². The fourth-order valence-electron chi connectivity index (χ4n) is 2.79. The number of benzene rings is 1. The van der Waals surface area contributed by atoms with Gasteiger partial charge in [0.2, 0.25) is 0 Å². The van der Waals surface area contributed by atoms with Crippen molar-refractivity contribution in [2.45, 2.75) is 25.9 Å². The third kappa shape index (κ3) is 3.43. The van der Waals surface area contributed by atoms with E-state index in [4.69, 9.17) is 11.6 Å². The minimum absolute atomic E-state index is 0.211. The molecule has 2 aromatic heterocycles. The van der Waals surface area contributed by atoms with E-state index >= 15 is 0 Å². The number of hydrogen-bond acceptors (Lipinski definition) is 5. The van der Waals surface area contributed by atoms with E-state index in [2.05, 4.69) is 15.3 Å². The number of halogens is 1. The highest BCUT2D eigenvalue weighted by atomic mass is 35.5. The molecule has 1 saturated carbocycles. The zero-order valence-electron chi connectivity index (χ0n) is 13.9. The van der Waals surface area contributed by atoms with Gasteiger partial charge in [0.05, 0.1) is 12.1 Å². The first-order valence-corrected chi connectivity index (χ1v) is 8.73. The molecule has 4 rings (SSSR count). The number of hydrogen-bond donors (Lipinski definition) is 0. The molecule has 1 fully saturated rings. The fraction of sp³-hybridized carbons (Fsp3) is 0.278. The van der Waals surface area contributed by atoms with Gasteiger partial charge in [-0.15, -0.1) is 4.68 Å². The van der Waals surface area contributed by atoms with E-state index in [0.717, 1.165) is 34.0 Å². The predicted octanol–water partition coefficient (Wildman–Crippen LogP) is 3.04. The second-order valence-corrected chi connectivity index (χ2v) is 6.80. The summed E-state index contributed by atoms with van der Waals surface area (Å²) in [4.78, 5) is 28.6. The molecule has 0 unspecified atom stereocenters. The van der Waals surface area contributed by atoms with Crippen molar-refractivity contribution in [3.8, 4) is 0 Å². The summed E-state index contributed by atoms with van der Waals surface area (Å²) in [5.41, 5.74) is 0.707. The number of fused-ring (bicyclic) bond motifs is 1. The molecule has 2 heterocycles. The number of aromatic nitrogens is 3. The van der Waals surface area contributed by atoms with Gasteiger partial charge < -0.3 is 0 Å². The average Bonchev–Trinajstić information content (AvgIpc) is 3.45. The normalized spacial score (nSPS) is 14.3. The molecule has 132 valence electrons. The molecule has 8 heteroatoms. The smallest absolute Gasteiger partial charge is 0.299 e. The third-order valence-electron chi connectivity index (χ3n) is 4.37. The van der Waals surface area contributed by atoms with Gasteiger partial charge in [0, 0.05) is 35.4 Å². The zero-order valence-corrected chi connectivity index (χ0v) is 14.6. The van der Waals surface area contributed by atoms with E-state index in [1.54, 1.807) is 12.3 Å². The molecule has 1 aliphatic rings. The van der Waals surface area contributed by atoms with E-state index in [0.29, 0.717) is 17.5 Å². The maximum absolute atomic E-state index is 12.4. The maximum Gasteiger partial charge on any atom is 0.353 e. The lowest BCUT2D eigenvalue weighted by Gasteiger charge is -2.05. The van der Waals surface area contributed by atoms with E-state index in [9.17, 15) is 9.59 Å². The van der Waals surface area contributed by atoms with Crippen molar-refractivity contribution in [2.24, 2.45) is 16.3 Å². The quantitative estimate of drug-likeness (QED) is 0.648. The lowest BCUT2D eigenvalue weighted by molar-refractivity contribution is 0.541. The van der Waals surface area contributed by atoms with Crippen molar-refractivity contribution >= 4 is 22.5 Å². The summed E-state index contributed by atoms with van der Waals surface area (Å²) in [7, 11) is 0. The van der Waals surface area contributed by atoms with Crippen LogP contribution in [0.4, 0.5) is 0 Å². The van der Waals surface area contributed by atoms with E-state index in [1.165, 1.54) is 16.8 Å². The van der Waals surface area contributed by atoms with Crippen molar-refractivity contribution in [3.05, 3.63) is 74.1 Å². The number of pyridine rings is 1. The lowest BCUT2D eigenvalue weighted by Crippen LogP contribution is -2.36. The summed E-state index contributed by atoms with van der Waals surface area (Å²) in [6.07, 6.45) is 5.43. The van der Waals surface area contributed by atoms with Gasteiger partial charge in [-0.2, -0.15) is 5.11 Å². The van der Waals surface area contributed by atoms with Gasteiger partial charge in [-0.25, -0.2) is 4.79 Å². The van der Waals surface area contributed by atoms with Crippen LogP contribution in [0, 0.1) is 5.92 Å². The summed E-state index contributed by atoms with van der Waals surface area (Å²) in [5, 5.41) is 9.38. The van der Waals surface area contributed by atoms with Crippen molar-refractivity contribution in [1.29, 1.82) is 0 Å². The number of rotatable bonds is 5. The highest BCUT2D eigenvalue weighted by Crippen LogP contribution is 2.29. The van der Waals surface area contributed by atoms with Gasteiger partial charge in [-0.1, -0.05) is 16.8 Å².